The number of carbonyl (C=O) groups excluding carboxylic acids is 1. The summed E-state index contributed by atoms with van der Waals surface area (Å²) in [6.07, 6.45) is 0.0639. The van der Waals surface area contributed by atoms with Crippen LogP contribution in [-0.2, 0) is 11.8 Å². The van der Waals surface area contributed by atoms with Gasteiger partial charge in [0.1, 0.15) is 5.69 Å². The fourth-order valence-electron chi connectivity index (χ4n) is 3.19. The summed E-state index contributed by atoms with van der Waals surface area (Å²) in [5, 5.41) is 10.7. The second kappa shape index (κ2) is 7.73. The SMILES string of the molecule is Cn1nc(-c2ccccc2)cc1C(=O)Nc1ccc([C@@H]2CNCCO2)cc1. The second-order valence-corrected chi connectivity index (χ2v) is 6.54. The maximum atomic E-state index is 12.7. The molecule has 27 heavy (non-hydrogen) atoms. The first kappa shape index (κ1) is 17.5. The van der Waals surface area contributed by atoms with Crippen molar-refractivity contribution in [3.05, 3.63) is 71.9 Å². The Morgan fingerprint density at radius 1 is 1.19 bits per heavy atom. The molecular weight excluding hydrogens is 340 g/mol. The highest BCUT2D eigenvalue weighted by Crippen LogP contribution is 2.22. The zero-order valence-corrected chi connectivity index (χ0v) is 15.2. The van der Waals surface area contributed by atoms with E-state index >= 15 is 0 Å². The number of carbonyl (C=O) groups is 1. The molecule has 1 atom stereocenters. The summed E-state index contributed by atoms with van der Waals surface area (Å²) in [6.45, 7) is 2.41. The van der Waals surface area contributed by atoms with Gasteiger partial charge in [-0.2, -0.15) is 5.10 Å². The largest absolute Gasteiger partial charge is 0.371 e. The van der Waals surface area contributed by atoms with Crippen LogP contribution in [0.5, 0.6) is 0 Å². The van der Waals surface area contributed by atoms with Crippen molar-refractivity contribution >= 4 is 11.6 Å². The number of morpholine rings is 1. The Hall–Kier alpha value is -2.96. The van der Waals surface area contributed by atoms with Gasteiger partial charge in [-0.05, 0) is 23.8 Å². The molecule has 0 spiro atoms. The van der Waals surface area contributed by atoms with Crippen LogP contribution in [0.2, 0.25) is 0 Å². The molecule has 6 nitrogen and oxygen atoms in total. The number of hydrogen-bond acceptors (Lipinski definition) is 4. The van der Waals surface area contributed by atoms with Crippen LogP contribution in [0.3, 0.4) is 0 Å². The molecule has 138 valence electrons. The number of aryl methyl sites for hydroxylation is 1. The summed E-state index contributed by atoms with van der Waals surface area (Å²) in [6, 6.07) is 19.4. The third-order valence-electron chi connectivity index (χ3n) is 4.65. The summed E-state index contributed by atoms with van der Waals surface area (Å²) >= 11 is 0. The Balaban J connectivity index is 1.47. The maximum Gasteiger partial charge on any atom is 0.273 e. The lowest BCUT2D eigenvalue weighted by Gasteiger charge is -2.24. The van der Waals surface area contributed by atoms with E-state index in [1.807, 2.05) is 54.6 Å². The highest BCUT2D eigenvalue weighted by Gasteiger charge is 2.17. The Labute approximate surface area is 158 Å². The van der Waals surface area contributed by atoms with Gasteiger partial charge in [0.25, 0.3) is 5.91 Å². The molecule has 1 amide bonds. The predicted molar refractivity (Wildman–Crippen MR) is 105 cm³/mol. The van der Waals surface area contributed by atoms with Gasteiger partial charge in [0, 0.05) is 31.4 Å². The fraction of sp³-hybridized carbons (Fsp3) is 0.238. The molecule has 0 radical (unpaired) electrons. The Morgan fingerprint density at radius 2 is 1.96 bits per heavy atom. The normalized spacial score (nSPS) is 16.9. The Morgan fingerprint density at radius 3 is 2.67 bits per heavy atom. The molecule has 3 aromatic rings. The van der Waals surface area contributed by atoms with Crippen LogP contribution in [0.25, 0.3) is 11.3 Å². The molecule has 2 heterocycles. The maximum absolute atomic E-state index is 12.7. The summed E-state index contributed by atoms with van der Waals surface area (Å²) < 4.78 is 7.36. The van der Waals surface area contributed by atoms with Gasteiger partial charge in [0.15, 0.2) is 0 Å². The summed E-state index contributed by atoms with van der Waals surface area (Å²) in [7, 11) is 1.78. The molecule has 1 saturated heterocycles. The van der Waals surface area contributed by atoms with Crippen LogP contribution >= 0.6 is 0 Å². The minimum absolute atomic E-state index is 0.0639. The van der Waals surface area contributed by atoms with E-state index in [0.717, 1.165) is 35.6 Å². The van der Waals surface area contributed by atoms with Crippen molar-refractivity contribution in [3.63, 3.8) is 0 Å². The molecule has 6 heteroatoms. The number of aromatic nitrogens is 2. The monoisotopic (exact) mass is 362 g/mol. The van der Waals surface area contributed by atoms with E-state index < -0.39 is 0 Å². The van der Waals surface area contributed by atoms with Gasteiger partial charge in [-0.1, -0.05) is 42.5 Å². The van der Waals surface area contributed by atoms with Gasteiger partial charge in [-0.3, -0.25) is 9.48 Å². The first-order valence-corrected chi connectivity index (χ1v) is 9.04. The number of benzene rings is 2. The number of nitrogens with zero attached hydrogens (tertiary/aromatic N) is 2. The summed E-state index contributed by atoms with van der Waals surface area (Å²) in [4.78, 5) is 12.7. The lowest BCUT2D eigenvalue weighted by Crippen LogP contribution is -2.33. The van der Waals surface area contributed by atoms with E-state index in [1.54, 1.807) is 17.8 Å². The van der Waals surface area contributed by atoms with Gasteiger partial charge in [-0.15, -0.1) is 0 Å². The second-order valence-electron chi connectivity index (χ2n) is 6.54. The highest BCUT2D eigenvalue weighted by molar-refractivity contribution is 6.03. The van der Waals surface area contributed by atoms with E-state index in [2.05, 4.69) is 15.7 Å². The Kier molecular flexibility index (Phi) is 5.00. The quantitative estimate of drug-likeness (QED) is 0.749. The summed E-state index contributed by atoms with van der Waals surface area (Å²) in [5.41, 5.74) is 4.12. The molecule has 0 saturated carbocycles. The molecule has 1 aliphatic heterocycles. The predicted octanol–water partition coefficient (Wildman–Crippen LogP) is 3.00. The number of amides is 1. The minimum Gasteiger partial charge on any atom is -0.371 e. The molecule has 0 unspecified atom stereocenters. The van der Waals surface area contributed by atoms with Crippen molar-refractivity contribution in [3.8, 4) is 11.3 Å². The first-order chi connectivity index (χ1) is 13.2. The van der Waals surface area contributed by atoms with Gasteiger partial charge < -0.3 is 15.4 Å². The highest BCUT2D eigenvalue weighted by atomic mass is 16.5. The number of anilines is 1. The van der Waals surface area contributed by atoms with Crippen LogP contribution in [0.15, 0.2) is 60.7 Å². The van der Waals surface area contributed by atoms with Gasteiger partial charge >= 0.3 is 0 Å². The van der Waals surface area contributed by atoms with Crippen LogP contribution in [-0.4, -0.2) is 35.4 Å². The number of ether oxygens (including phenoxy) is 1. The standard InChI is InChI=1S/C21H22N4O2/c1-25-19(13-18(24-25)15-5-3-2-4-6-15)21(26)23-17-9-7-16(8-10-17)20-14-22-11-12-27-20/h2-10,13,20,22H,11-12,14H2,1H3,(H,23,26)/t20-/m0/s1. The molecule has 2 N–H and O–H groups in total. The van der Waals surface area contributed by atoms with Crippen LogP contribution in [0.1, 0.15) is 22.2 Å². The van der Waals surface area contributed by atoms with E-state index in [-0.39, 0.29) is 12.0 Å². The lowest BCUT2D eigenvalue weighted by molar-refractivity contribution is 0.0277. The summed E-state index contributed by atoms with van der Waals surface area (Å²) in [5.74, 6) is -0.185. The number of nitrogens with one attached hydrogen (secondary N) is 2. The first-order valence-electron chi connectivity index (χ1n) is 9.04. The topological polar surface area (TPSA) is 68.2 Å². The third kappa shape index (κ3) is 3.92. The van der Waals surface area contributed by atoms with Crippen molar-refractivity contribution in [2.24, 2.45) is 7.05 Å². The van der Waals surface area contributed by atoms with E-state index in [1.165, 1.54) is 0 Å². The third-order valence-corrected chi connectivity index (χ3v) is 4.65. The molecule has 2 aromatic carbocycles. The molecule has 1 aromatic heterocycles. The molecule has 0 bridgehead atoms. The Bertz CT molecular complexity index is 913. The van der Waals surface area contributed by atoms with Crippen molar-refractivity contribution in [1.82, 2.24) is 15.1 Å². The zero-order valence-electron chi connectivity index (χ0n) is 15.2. The van der Waals surface area contributed by atoms with Gasteiger partial charge in [0.2, 0.25) is 0 Å². The van der Waals surface area contributed by atoms with Gasteiger partial charge in [0.05, 0.1) is 18.4 Å². The van der Waals surface area contributed by atoms with E-state index in [9.17, 15) is 4.79 Å². The number of hydrogen-bond donors (Lipinski definition) is 2. The van der Waals surface area contributed by atoms with Crippen LogP contribution in [0, 0.1) is 0 Å². The average molecular weight is 362 g/mol. The average Bonchev–Trinajstić information content (AvgIpc) is 3.12. The molecule has 4 rings (SSSR count). The van der Waals surface area contributed by atoms with Gasteiger partial charge in [-0.25, -0.2) is 0 Å². The van der Waals surface area contributed by atoms with E-state index in [0.29, 0.717) is 12.3 Å². The van der Waals surface area contributed by atoms with E-state index in [4.69, 9.17) is 4.74 Å². The zero-order chi connectivity index (χ0) is 18.6. The molecule has 1 aliphatic rings. The molecule has 0 aliphatic carbocycles. The van der Waals surface area contributed by atoms with Crippen molar-refractivity contribution in [2.45, 2.75) is 6.10 Å². The smallest absolute Gasteiger partial charge is 0.273 e. The van der Waals surface area contributed by atoms with Crippen LogP contribution in [0.4, 0.5) is 5.69 Å². The van der Waals surface area contributed by atoms with Crippen molar-refractivity contribution in [2.75, 3.05) is 25.0 Å². The molecule has 1 fully saturated rings. The number of rotatable bonds is 4. The molecular formula is C21H22N4O2. The minimum atomic E-state index is -0.185. The van der Waals surface area contributed by atoms with Crippen molar-refractivity contribution < 1.29 is 9.53 Å². The fourth-order valence-corrected chi connectivity index (χ4v) is 3.19. The lowest BCUT2D eigenvalue weighted by atomic mass is 10.1. The van der Waals surface area contributed by atoms with Crippen LogP contribution < -0.4 is 10.6 Å². The van der Waals surface area contributed by atoms with Crippen molar-refractivity contribution in [1.29, 1.82) is 0 Å².